The van der Waals surface area contributed by atoms with Crippen molar-refractivity contribution in [2.45, 2.75) is 25.4 Å². The van der Waals surface area contributed by atoms with Gasteiger partial charge >= 0.3 is 0 Å². The van der Waals surface area contributed by atoms with Crippen LogP contribution in [0.25, 0.3) is 0 Å². The largest absolute Gasteiger partial charge is 0.385 e. The van der Waals surface area contributed by atoms with Crippen LogP contribution in [0.2, 0.25) is 0 Å². The molecule has 0 spiro atoms. The fourth-order valence-electron chi connectivity index (χ4n) is 3.00. The van der Waals surface area contributed by atoms with Gasteiger partial charge in [0.25, 0.3) is 0 Å². The van der Waals surface area contributed by atoms with E-state index in [0.29, 0.717) is 18.4 Å². The van der Waals surface area contributed by atoms with E-state index in [9.17, 15) is 9.50 Å². The fourth-order valence-corrected chi connectivity index (χ4v) is 3.00. The summed E-state index contributed by atoms with van der Waals surface area (Å²) in [5.41, 5.74) is 1.76. The second kappa shape index (κ2) is 5.49. The zero-order chi connectivity index (χ0) is 14.9. The highest BCUT2D eigenvalue weighted by atomic mass is 19.1. The summed E-state index contributed by atoms with van der Waals surface area (Å²) in [7, 11) is 0. The first-order valence-electron chi connectivity index (χ1n) is 7.37. The Hall–Kier alpha value is -1.87. The lowest BCUT2D eigenvalue weighted by Gasteiger charge is -2.39. The molecule has 0 radical (unpaired) electrons. The molecule has 21 heavy (non-hydrogen) atoms. The minimum absolute atomic E-state index is 0.218. The van der Waals surface area contributed by atoms with E-state index in [2.05, 4.69) is 17.0 Å². The molecule has 0 atom stereocenters. The molecule has 2 aromatic rings. The molecule has 1 heterocycles. The molecule has 0 aliphatic carbocycles. The first-order valence-corrected chi connectivity index (χ1v) is 7.37. The van der Waals surface area contributed by atoms with E-state index in [1.54, 1.807) is 19.1 Å². The van der Waals surface area contributed by atoms with Crippen molar-refractivity contribution in [3.8, 4) is 0 Å². The molecule has 1 aliphatic heterocycles. The molecule has 0 saturated carbocycles. The van der Waals surface area contributed by atoms with Crippen LogP contribution < -0.4 is 4.90 Å². The predicted octanol–water partition coefficient (Wildman–Crippen LogP) is 3.62. The molecule has 0 unspecified atom stereocenters. The maximum Gasteiger partial charge on any atom is 0.126 e. The summed E-state index contributed by atoms with van der Waals surface area (Å²) in [6.07, 6.45) is 1.32. The van der Waals surface area contributed by atoms with Gasteiger partial charge < -0.3 is 10.0 Å². The number of halogens is 1. The summed E-state index contributed by atoms with van der Waals surface area (Å²) >= 11 is 0. The molecule has 3 heteroatoms. The molecule has 0 amide bonds. The molecule has 3 rings (SSSR count). The molecular weight excluding hydrogens is 265 g/mol. The monoisotopic (exact) mass is 285 g/mol. The number of benzene rings is 2. The quantitative estimate of drug-likeness (QED) is 0.911. The van der Waals surface area contributed by atoms with Crippen LogP contribution in [0, 0.1) is 12.7 Å². The highest BCUT2D eigenvalue weighted by molar-refractivity contribution is 5.47. The fraction of sp³-hybridized carbons (Fsp3) is 0.333. The maximum atomic E-state index is 13.4. The minimum Gasteiger partial charge on any atom is -0.385 e. The Morgan fingerprint density at radius 1 is 1.05 bits per heavy atom. The third-order valence-corrected chi connectivity index (χ3v) is 4.41. The second-order valence-corrected chi connectivity index (χ2v) is 5.82. The summed E-state index contributed by atoms with van der Waals surface area (Å²) in [6.45, 7) is 3.34. The van der Waals surface area contributed by atoms with Gasteiger partial charge in [-0.25, -0.2) is 4.39 Å². The average molecular weight is 285 g/mol. The standard InChI is InChI=1S/C18H20FNO/c1-14-13-15(7-8-17(14)19)18(21)9-11-20(12-10-18)16-5-3-2-4-6-16/h2-8,13,21H,9-12H2,1H3. The normalized spacial score (nSPS) is 17.8. The Bertz CT molecular complexity index is 618. The maximum absolute atomic E-state index is 13.4. The van der Waals surface area contributed by atoms with Crippen molar-refractivity contribution in [2.75, 3.05) is 18.0 Å². The number of anilines is 1. The lowest BCUT2D eigenvalue weighted by Crippen LogP contribution is -2.42. The molecule has 1 saturated heterocycles. The second-order valence-electron chi connectivity index (χ2n) is 5.82. The zero-order valence-corrected chi connectivity index (χ0v) is 12.2. The number of para-hydroxylation sites is 1. The third-order valence-electron chi connectivity index (χ3n) is 4.41. The molecule has 0 aromatic heterocycles. The summed E-state index contributed by atoms with van der Waals surface area (Å²) in [5, 5.41) is 10.9. The molecule has 2 nitrogen and oxygen atoms in total. The van der Waals surface area contributed by atoms with E-state index >= 15 is 0 Å². The summed E-state index contributed by atoms with van der Waals surface area (Å²) in [4.78, 5) is 2.28. The Morgan fingerprint density at radius 2 is 1.71 bits per heavy atom. The lowest BCUT2D eigenvalue weighted by molar-refractivity contribution is 0.0117. The van der Waals surface area contributed by atoms with Gasteiger partial charge in [-0.2, -0.15) is 0 Å². The van der Waals surface area contributed by atoms with Crippen molar-refractivity contribution in [3.63, 3.8) is 0 Å². The third kappa shape index (κ3) is 2.79. The Balaban J connectivity index is 1.76. The van der Waals surface area contributed by atoms with Crippen LogP contribution in [-0.2, 0) is 5.60 Å². The van der Waals surface area contributed by atoms with E-state index in [1.807, 2.05) is 18.2 Å². The number of hydrogen-bond donors (Lipinski definition) is 1. The van der Waals surface area contributed by atoms with Gasteiger partial charge in [0.2, 0.25) is 0 Å². The predicted molar refractivity (Wildman–Crippen MR) is 82.9 cm³/mol. The van der Waals surface area contributed by atoms with Crippen LogP contribution in [0.15, 0.2) is 48.5 Å². The Morgan fingerprint density at radius 3 is 2.33 bits per heavy atom. The van der Waals surface area contributed by atoms with Gasteiger partial charge in [-0.05, 0) is 49.1 Å². The Kier molecular flexibility index (Phi) is 3.68. The molecule has 1 N–H and O–H groups in total. The van der Waals surface area contributed by atoms with E-state index < -0.39 is 5.60 Å². The van der Waals surface area contributed by atoms with Gasteiger partial charge in [-0.15, -0.1) is 0 Å². The van der Waals surface area contributed by atoms with E-state index in [0.717, 1.165) is 18.7 Å². The first kappa shape index (κ1) is 14.1. The molecule has 2 aromatic carbocycles. The van der Waals surface area contributed by atoms with Gasteiger partial charge in [-0.3, -0.25) is 0 Å². The SMILES string of the molecule is Cc1cc(C2(O)CCN(c3ccccc3)CC2)ccc1F. The van der Waals surface area contributed by atoms with Gasteiger partial charge in [0, 0.05) is 18.8 Å². The first-order chi connectivity index (χ1) is 10.1. The van der Waals surface area contributed by atoms with Gasteiger partial charge in [0.05, 0.1) is 5.60 Å². The van der Waals surface area contributed by atoms with E-state index in [1.165, 1.54) is 11.8 Å². The van der Waals surface area contributed by atoms with Crippen molar-refractivity contribution in [3.05, 3.63) is 65.5 Å². The van der Waals surface area contributed by atoms with Crippen LogP contribution in [0.5, 0.6) is 0 Å². The van der Waals surface area contributed by atoms with Crippen LogP contribution in [-0.4, -0.2) is 18.2 Å². The van der Waals surface area contributed by atoms with E-state index in [4.69, 9.17) is 0 Å². The average Bonchev–Trinajstić information content (AvgIpc) is 2.51. The summed E-state index contributed by atoms with van der Waals surface area (Å²) < 4.78 is 13.4. The number of aryl methyl sites for hydroxylation is 1. The van der Waals surface area contributed by atoms with Crippen LogP contribution >= 0.6 is 0 Å². The number of aliphatic hydroxyl groups is 1. The summed E-state index contributed by atoms with van der Waals surface area (Å²) in [5.74, 6) is -0.218. The van der Waals surface area contributed by atoms with Gasteiger partial charge in [0.15, 0.2) is 0 Å². The highest BCUT2D eigenvalue weighted by Crippen LogP contribution is 2.35. The lowest BCUT2D eigenvalue weighted by atomic mass is 9.83. The number of rotatable bonds is 2. The molecule has 110 valence electrons. The van der Waals surface area contributed by atoms with Crippen LogP contribution in [0.3, 0.4) is 0 Å². The number of hydrogen-bond acceptors (Lipinski definition) is 2. The van der Waals surface area contributed by atoms with Crippen LogP contribution in [0.1, 0.15) is 24.0 Å². The molecule has 0 bridgehead atoms. The smallest absolute Gasteiger partial charge is 0.126 e. The van der Waals surface area contributed by atoms with Gasteiger partial charge in [0.1, 0.15) is 5.82 Å². The number of nitrogens with zero attached hydrogens (tertiary/aromatic N) is 1. The minimum atomic E-state index is -0.844. The van der Waals surface area contributed by atoms with Crippen molar-refractivity contribution in [2.24, 2.45) is 0 Å². The van der Waals surface area contributed by atoms with Crippen molar-refractivity contribution in [1.82, 2.24) is 0 Å². The highest BCUT2D eigenvalue weighted by Gasteiger charge is 2.34. The Labute approximate surface area is 124 Å². The topological polar surface area (TPSA) is 23.5 Å². The molecule has 1 aliphatic rings. The summed E-state index contributed by atoms with van der Waals surface area (Å²) in [6, 6.07) is 15.2. The van der Waals surface area contributed by atoms with Gasteiger partial charge in [-0.1, -0.05) is 30.3 Å². The van der Waals surface area contributed by atoms with Crippen molar-refractivity contribution >= 4 is 5.69 Å². The van der Waals surface area contributed by atoms with E-state index in [-0.39, 0.29) is 5.82 Å². The van der Waals surface area contributed by atoms with Crippen molar-refractivity contribution in [1.29, 1.82) is 0 Å². The molecular formula is C18H20FNO. The number of piperidine rings is 1. The molecule has 1 fully saturated rings. The van der Waals surface area contributed by atoms with Crippen molar-refractivity contribution < 1.29 is 9.50 Å². The van der Waals surface area contributed by atoms with Crippen LogP contribution in [0.4, 0.5) is 10.1 Å². The zero-order valence-electron chi connectivity index (χ0n) is 12.2.